The van der Waals surface area contributed by atoms with Gasteiger partial charge in [-0.3, -0.25) is 0 Å². The zero-order chi connectivity index (χ0) is 16.9. The number of nitrogens with one attached hydrogen (secondary N) is 2. The van der Waals surface area contributed by atoms with E-state index in [1.807, 2.05) is 18.2 Å². The molecule has 1 unspecified atom stereocenters. The van der Waals surface area contributed by atoms with Crippen molar-refractivity contribution in [2.24, 2.45) is 0 Å². The van der Waals surface area contributed by atoms with Crippen molar-refractivity contribution in [3.05, 3.63) is 30.3 Å². The second kappa shape index (κ2) is 7.12. The number of rotatable bonds is 7. The molecule has 0 saturated carbocycles. The van der Waals surface area contributed by atoms with Crippen molar-refractivity contribution in [1.82, 2.24) is 15.0 Å². The topological polar surface area (TPSA) is 72.0 Å². The molecule has 1 aromatic heterocycles. The van der Waals surface area contributed by atoms with Gasteiger partial charge in [0.15, 0.2) is 12.8 Å². The highest BCUT2D eigenvalue weighted by Gasteiger charge is 2.38. The van der Waals surface area contributed by atoms with Gasteiger partial charge in [0.25, 0.3) is 0 Å². The van der Waals surface area contributed by atoms with E-state index in [4.69, 9.17) is 4.74 Å². The minimum absolute atomic E-state index is 0.113. The van der Waals surface area contributed by atoms with E-state index in [1.165, 1.54) is 0 Å². The summed E-state index contributed by atoms with van der Waals surface area (Å²) in [5, 5.41) is 5.56. The van der Waals surface area contributed by atoms with Gasteiger partial charge in [0, 0.05) is 12.7 Å². The minimum atomic E-state index is -3.63. The van der Waals surface area contributed by atoms with Crippen molar-refractivity contribution in [2.75, 3.05) is 24.3 Å². The molecule has 6 nitrogen and oxygen atoms in total. The second-order valence-electron chi connectivity index (χ2n) is 4.67. The first-order valence-electron chi connectivity index (χ1n) is 6.81. The molecule has 2 aromatic rings. The fraction of sp³-hybridized carbons (Fsp3) is 0.357. The Morgan fingerprint density at radius 3 is 2.39 bits per heavy atom. The summed E-state index contributed by atoms with van der Waals surface area (Å²) >= 11 is 0. The summed E-state index contributed by atoms with van der Waals surface area (Å²) in [6.07, 6.45) is -2.34. The average molecular weight is 327 g/mol. The molecule has 124 valence electrons. The number of aromatic nitrogens is 3. The minimum Gasteiger partial charge on any atom is -0.457 e. The lowest BCUT2D eigenvalue weighted by atomic mass is 10.2. The number of ether oxygens (including phenoxy) is 1. The van der Waals surface area contributed by atoms with Crippen molar-refractivity contribution in [1.29, 1.82) is 0 Å². The Bertz CT molecular complexity index is 640. The smallest absolute Gasteiger partial charge is 0.323 e. The molecule has 2 rings (SSSR count). The van der Waals surface area contributed by atoms with Gasteiger partial charge in [-0.25, -0.2) is 4.39 Å². The number of halogens is 3. The summed E-state index contributed by atoms with van der Waals surface area (Å²) in [7, 11) is 1.56. The van der Waals surface area contributed by atoms with Crippen LogP contribution in [0.1, 0.15) is 6.92 Å². The number of para-hydroxylation sites is 1. The van der Waals surface area contributed by atoms with E-state index in [9.17, 15) is 13.2 Å². The van der Waals surface area contributed by atoms with Crippen LogP contribution in [0.2, 0.25) is 0 Å². The van der Waals surface area contributed by atoms with E-state index in [-0.39, 0.29) is 17.9 Å². The molecule has 1 atom stereocenters. The lowest BCUT2D eigenvalue weighted by Crippen LogP contribution is -2.34. The quantitative estimate of drug-likeness (QED) is 0.814. The van der Waals surface area contributed by atoms with Gasteiger partial charge in [-0.15, -0.1) is 0 Å². The fourth-order valence-electron chi connectivity index (χ4n) is 1.51. The summed E-state index contributed by atoms with van der Waals surface area (Å²) in [5.41, 5.74) is 0.703. The zero-order valence-corrected chi connectivity index (χ0v) is 12.6. The van der Waals surface area contributed by atoms with Gasteiger partial charge in [0.1, 0.15) is 0 Å². The highest BCUT2D eigenvalue weighted by atomic mass is 19.3. The Morgan fingerprint density at radius 1 is 1.13 bits per heavy atom. The average Bonchev–Trinajstić information content (AvgIpc) is 2.53. The molecule has 0 aliphatic carbocycles. The first kappa shape index (κ1) is 16.8. The summed E-state index contributed by atoms with van der Waals surface area (Å²) in [5.74, 6) is -3.38. The van der Waals surface area contributed by atoms with Crippen LogP contribution in [0, 0.1) is 0 Å². The third-order valence-electron chi connectivity index (χ3n) is 2.84. The molecule has 1 heterocycles. The normalized spacial score (nSPS) is 12.6. The molecule has 0 bridgehead atoms. The van der Waals surface area contributed by atoms with E-state index in [1.54, 1.807) is 19.2 Å². The number of alkyl halides is 3. The van der Waals surface area contributed by atoms with E-state index in [0.717, 1.165) is 6.92 Å². The van der Waals surface area contributed by atoms with Crippen molar-refractivity contribution in [3.63, 3.8) is 0 Å². The van der Waals surface area contributed by atoms with Gasteiger partial charge in [0.05, 0.1) is 0 Å². The van der Waals surface area contributed by atoms with Crippen molar-refractivity contribution < 1.29 is 17.9 Å². The Labute approximate surface area is 131 Å². The predicted octanol–water partition coefficient (Wildman–Crippen LogP) is 3.03. The molecule has 2 N–H and O–H groups in total. The molecule has 0 radical (unpaired) electrons. The molecule has 0 saturated heterocycles. The number of hydrogen-bond donors (Lipinski definition) is 2. The summed E-state index contributed by atoms with van der Waals surface area (Å²) in [6, 6.07) is 8.69. The van der Waals surface area contributed by atoms with Crippen LogP contribution in [0.15, 0.2) is 30.3 Å². The van der Waals surface area contributed by atoms with Gasteiger partial charge in [-0.2, -0.15) is 23.7 Å². The van der Waals surface area contributed by atoms with Crippen LogP contribution in [0.5, 0.6) is 6.01 Å². The van der Waals surface area contributed by atoms with Gasteiger partial charge >= 0.3 is 11.9 Å². The first-order chi connectivity index (χ1) is 10.9. The summed E-state index contributed by atoms with van der Waals surface area (Å²) < 4.78 is 44.1. The summed E-state index contributed by atoms with van der Waals surface area (Å²) in [4.78, 5) is 11.7. The van der Waals surface area contributed by atoms with E-state index >= 15 is 0 Å². The highest BCUT2D eigenvalue weighted by molar-refractivity contribution is 5.53. The molecule has 9 heteroatoms. The molecular weight excluding hydrogens is 311 g/mol. The Kier molecular flexibility index (Phi) is 5.20. The maximum atomic E-state index is 13.3. The van der Waals surface area contributed by atoms with Crippen LogP contribution in [-0.2, 0) is 0 Å². The zero-order valence-electron chi connectivity index (χ0n) is 12.6. The van der Waals surface area contributed by atoms with Crippen LogP contribution in [0.25, 0.3) is 0 Å². The number of hydrogen-bond acceptors (Lipinski definition) is 6. The standard InChI is InChI=1S/C14H16F3N5O/c1-9(15)14(16,17)8-23-13-21-11(18-2)20-12(22-13)19-10-6-4-3-5-7-10/h3-7,9H,8H2,1-2H3,(H2,18,19,20,21,22). The number of anilines is 3. The molecule has 0 aliphatic heterocycles. The van der Waals surface area contributed by atoms with Crippen LogP contribution in [-0.4, -0.2) is 40.7 Å². The SMILES string of the molecule is CNc1nc(Nc2ccccc2)nc(OCC(F)(F)C(C)F)n1. The number of benzene rings is 1. The second-order valence-corrected chi connectivity index (χ2v) is 4.67. The molecule has 23 heavy (non-hydrogen) atoms. The summed E-state index contributed by atoms with van der Waals surface area (Å²) in [6.45, 7) is -0.402. The maximum absolute atomic E-state index is 13.3. The van der Waals surface area contributed by atoms with Crippen molar-refractivity contribution in [3.8, 4) is 6.01 Å². The van der Waals surface area contributed by atoms with Gasteiger partial charge in [-0.05, 0) is 19.1 Å². The fourth-order valence-corrected chi connectivity index (χ4v) is 1.51. The van der Waals surface area contributed by atoms with Crippen LogP contribution in [0.3, 0.4) is 0 Å². The lowest BCUT2D eigenvalue weighted by Gasteiger charge is -2.17. The molecular formula is C14H16F3N5O. The van der Waals surface area contributed by atoms with Crippen molar-refractivity contribution in [2.45, 2.75) is 19.0 Å². The Hall–Kier alpha value is -2.58. The van der Waals surface area contributed by atoms with E-state index < -0.39 is 18.7 Å². The molecule has 0 amide bonds. The maximum Gasteiger partial charge on any atom is 0.323 e. The van der Waals surface area contributed by atoms with E-state index in [0.29, 0.717) is 5.69 Å². The van der Waals surface area contributed by atoms with Gasteiger partial charge < -0.3 is 15.4 Å². The molecule has 0 spiro atoms. The van der Waals surface area contributed by atoms with Crippen LogP contribution >= 0.6 is 0 Å². The monoisotopic (exact) mass is 327 g/mol. The predicted molar refractivity (Wildman–Crippen MR) is 80.1 cm³/mol. The molecule has 1 aromatic carbocycles. The number of nitrogens with zero attached hydrogens (tertiary/aromatic N) is 3. The first-order valence-corrected chi connectivity index (χ1v) is 6.81. The van der Waals surface area contributed by atoms with Crippen LogP contribution in [0.4, 0.5) is 30.8 Å². The Morgan fingerprint density at radius 2 is 1.78 bits per heavy atom. The lowest BCUT2D eigenvalue weighted by molar-refractivity contribution is -0.0957. The third-order valence-corrected chi connectivity index (χ3v) is 2.84. The molecule has 0 fully saturated rings. The largest absolute Gasteiger partial charge is 0.457 e. The van der Waals surface area contributed by atoms with E-state index in [2.05, 4.69) is 25.6 Å². The van der Waals surface area contributed by atoms with Gasteiger partial charge in [0.2, 0.25) is 11.9 Å². The van der Waals surface area contributed by atoms with Crippen molar-refractivity contribution >= 4 is 17.6 Å². The van der Waals surface area contributed by atoms with Gasteiger partial charge in [-0.1, -0.05) is 18.2 Å². The van der Waals surface area contributed by atoms with Crippen LogP contribution < -0.4 is 15.4 Å². The highest BCUT2D eigenvalue weighted by Crippen LogP contribution is 2.23. The molecule has 0 aliphatic rings. The Balaban J connectivity index is 2.15. The third kappa shape index (κ3) is 4.70.